The number of hydrogen-bond acceptors (Lipinski definition) is 2. The fraction of sp³-hybridized carbons (Fsp3) is 0.211. The van der Waals surface area contributed by atoms with E-state index in [-0.39, 0.29) is 0 Å². The van der Waals surface area contributed by atoms with Gasteiger partial charge in [0.25, 0.3) is 0 Å². The quantitative estimate of drug-likeness (QED) is 0.622. The lowest BCUT2D eigenvalue weighted by Crippen LogP contribution is -2.03. The molecule has 0 spiro atoms. The van der Waals surface area contributed by atoms with Crippen molar-refractivity contribution in [2.75, 3.05) is 0 Å². The van der Waals surface area contributed by atoms with Crippen LogP contribution in [0.15, 0.2) is 60.0 Å². The van der Waals surface area contributed by atoms with Gasteiger partial charge in [-0.1, -0.05) is 48.5 Å². The third-order valence-electron chi connectivity index (χ3n) is 3.67. The highest BCUT2D eigenvalue weighted by Crippen LogP contribution is 2.17. The molecule has 0 N–H and O–H groups in total. The lowest BCUT2D eigenvalue weighted by atomic mass is 10.0. The molecule has 2 heteroatoms. The second-order valence-electron chi connectivity index (χ2n) is 5.33. The first-order chi connectivity index (χ1) is 10.3. The summed E-state index contributed by atoms with van der Waals surface area (Å²) in [6, 6.07) is 18.8. The minimum atomic E-state index is 0.335. The molecule has 3 rings (SSSR count). The second kappa shape index (κ2) is 6.68. The van der Waals surface area contributed by atoms with E-state index in [1.54, 1.807) is 11.3 Å². The van der Waals surface area contributed by atoms with Crippen LogP contribution in [-0.2, 0) is 17.6 Å². The van der Waals surface area contributed by atoms with E-state index in [9.17, 15) is 4.79 Å². The highest BCUT2D eigenvalue weighted by molar-refractivity contribution is 7.09. The summed E-state index contributed by atoms with van der Waals surface area (Å²) >= 11 is 1.77. The van der Waals surface area contributed by atoms with Crippen LogP contribution in [0.2, 0.25) is 0 Å². The molecular weight excluding hydrogens is 276 g/mol. The Kier molecular flexibility index (Phi) is 4.46. The molecule has 0 saturated carbocycles. The molecule has 1 heterocycles. The Morgan fingerprint density at radius 1 is 0.952 bits per heavy atom. The third-order valence-corrected chi connectivity index (χ3v) is 4.61. The van der Waals surface area contributed by atoms with Crippen LogP contribution in [0.1, 0.15) is 23.3 Å². The van der Waals surface area contributed by atoms with E-state index in [1.165, 1.54) is 15.6 Å². The van der Waals surface area contributed by atoms with Gasteiger partial charge in [-0.15, -0.1) is 11.3 Å². The van der Waals surface area contributed by atoms with Crippen LogP contribution < -0.4 is 0 Å². The Labute approximate surface area is 129 Å². The van der Waals surface area contributed by atoms with Gasteiger partial charge in [-0.2, -0.15) is 0 Å². The fourth-order valence-corrected chi connectivity index (χ4v) is 3.33. The van der Waals surface area contributed by atoms with Gasteiger partial charge in [0.2, 0.25) is 0 Å². The summed E-state index contributed by atoms with van der Waals surface area (Å²) in [7, 11) is 0. The summed E-state index contributed by atoms with van der Waals surface area (Å²) in [5.41, 5.74) is 1.12. The first-order valence-electron chi connectivity index (χ1n) is 7.33. The Hall–Kier alpha value is -1.93. The number of aryl methyl sites for hydroxylation is 1. The average molecular weight is 294 g/mol. The van der Waals surface area contributed by atoms with Gasteiger partial charge < -0.3 is 0 Å². The van der Waals surface area contributed by atoms with Gasteiger partial charge in [0.05, 0.1) is 0 Å². The van der Waals surface area contributed by atoms with Gasteiger partial charge in [-0.25, -0.2) is 0 Å². The van der Waals surface area contributed by atoms with Crippen LogP contribution in [0.4, 0.5) is 0 Å². The highest BCUT2D eigenvalue weighted by Gasteiger charge is 2.05. The molecule has 0 saturated heterocycles. The maximum atomic E-state index is 12.1. The van der Waals surface area contributed by atoms with E-state index in [1.807, 2.05) is 12.1 Å². The number of hydrogen-bond donors (Lipinski definition) is 0. The molecule has 3 aromatic rings. The second-order valence-corrected chi connectivity index (χ2v) is 6.36. The molecule has 1 nitrogen and oxygen atoms in total. The average Bonchev–Trinajstić information content (AvgIpc) is 3.00. The van der Waals surface area contributed by atoms with Crippen molar-refractivity contribution in [3.8, 4) is 0 Å². The fourth-order valence-electron chi connectivity index (χ4n) is 2.58. The number of carbonyl (C=O) groups excluding carboxylic acids is 1. The Balaban J connectivity index is 1.55. The summed E-state index contributed by atoms with van der Waals surface area (Å²) in [6.45, 7) is 0. The molecule has 0 aliphatic heterocycles. The Morgan fingerprint density at radius 2 is 1.81 bits per heavy atom. The van der Waals surface area contributed by atoms with Crippen molar-refractivity contribution in [3.63, 3.8) is 0 Å². The van der Waals surface area contributed by atoms with E-state index in [0.29, 0.717) is 18.6 Å². The molecule has 0 radical (unpaired) electrons. The lowest BCUT2D eigenvalue weighted by molar-refractivity contribution is -0.118. The van der Waals surface area contributed by atoms with Gasteiger partial charge in [0.1, 0.15) is 5.78 Å². The summed E-state index contributed by atoms with van der Waals surface area (Å²) < 4.78 is 0. The van der Waals surface area contributed by atoms with Crippen LogP contribution in [-0.4, -0.2) is 5.78 Å². The van der Waals surface area contributed by atoms with Gasteiger partial charge in [-0.3, -0.25) is 4.79 Å². The van der Waals surface area contributed by atoms with Crippen LogP contribution in [0.5, 0.6) is 0 Å². The Bertz CT molecular complexity index is 728. The molecule has 0 unspecified atom stereocenters. The van der Waals surface area contributed by atoms with Crippen LogP contribution >= 0.6 is 11.3 Å². The molecule has 0 aliphatic carbocycles. The Morgan fingerprint density at radius 3 is 2.62 bits per heavy atom. The maximum absolute atomic E-state index is 12.1. The minimum absolute atomic E-state index is 0.335. The van der Waals surface area contributed by atoms with Crippen LogP contribution in [0.3, 0.4) is 0 Å². The van der Waals surface area contributed by atoms with Gasteiger partial charge in [0.15, 0.2) is 0 Å². The molecule has 0 bridgehead atoms. The predicted molar refractivity (Wildman–Crippen MR) is 89.9 cm³/mol. The van der Waals surface area contributed by atoms with Crippen molar-refractivity contribution in [1.29, 1.82) is 0 Å². The van der Waals surface area contributed by atoms with E-state index >= 15 is 0 Å². The molecule has 0 fully saturated rings. The number of carbonyl (C=O) groups is 1. The molecular formula is C19H18OS. The van der Waals surface area contributed by atoms with Crippen molar-refractivity contribution in [1.82, 2.24) is 0 Å². The van der Waals surface area contributed by atoms with Gasteiger partial charge >= 0.3 is 0 Å². The molecule has 0 atom stereocenters. The maximum Gasteiger partial charge on any atom is 0.137 e. The number of benzene rings is 2. The first-order valence-corrected chi connectivity index (χ1v) is 8.21. The molecule has 0 amide bonds. The van der Waals surface area contributed by atoms with E-state index in [0.717, 1.165) is 18.4 Å². The van der Waals surface area contributed by atoms with Crippen molar-refractivity contribution < 1.29 is 4.79 Å². The third kappa shape index (κ3) is 3.79. The number of rotatable bonds is 6. The van der Waals surface area contributed by atoms with Crippen molar-refractivity contribution >= 4 is 27.9 Å². The standard InChI is InChI=1S/C19H18OS/c20-18(7-3-8-19-9-4-12-21-19)14-15-10-11-16-5-1-2-6-17(16)13-15/h1-2,4-6,9-13H,3,7-8,14H2. The van der Waals surface area contributed by atoms with E-state index in [2.05, 4.69) is 47.8 Å². The van der Waals surface area contributed by atoms with Gasteiger partial charge in [-0.05, 0) is 40.6 Å². The van der Waals surface area contributed by atoms with Crippen molar-refractivity contribution in [3.05, 3.63) is 70.4 Å². The van der Waals surface area contributed by atoms with Crippen LogP contribution in [0, 0.1) is 0 Å². The highest BCUT2D eigenvalue weighted by atomic mass is 32.1. The van der Waals surface area contributed by atoms with E-state index in [4.69, 9.17) is 0 Å². The molecule has 1 aromatic heterocycles. The summed E-state index contributed by atoms with van der Waals surface area (Å²) in [5.74, 6) is 0.335. The zero-order valence-electron chi connectivity index (χ0n) is 11.9. The molecule has 106 valence electrons. The first kappa shape index (κ1) is 14.0. The number of fused-ring (bicyclic) bond motifs is 1. The number of ketones is 1. The SMILES string of the molecule is O=C(CCCc1cccs1)Cc1ccc2ccccc2c1. The zero-order chi connectivity index (χ0) is 14.5. The lowest BCUT2D eigenvalue weighted by Gasteiger charge is -2.04. The zero-order valence-corrected chi connectivity index (χ0v) is 12.7. The summed E-state index contributed by atoms with van der Waals surface area (Å²) in [4.78, 5) is 13.4. The number of Topliss-reactive ketones (excluding diaryl/α,β-unsaturated/α-hetero) is 1. The van der Waals surface area contributed by atoms with Crippen molar-refractivity contribution in [2.45, 2.75) is 25.7 Å². The normalized spacial score (nSPS) is 10.9. The van der Waals surface area contributed by atoms with E-state index < -0.39 is 0 Å². The van der Waals surface area contributed by atoms with Gasteiger partial charge in [0, 0.05) is 17.7 Å². The summed E-state index contributed by atoms with van der Waals surface area (Å²) in [5, 5.41) is 4.53. The molecule has 0 aliphatic rings. The molecule has 2 aromatic carbocycles. The topological polar surface area (TPSA) is 17.1 Å². The predicted octanol–water partition coefficient (Wildman–Crippen LogP) is 5.04. The monoisotopic (exact) mass is 294 g/mol. The number of thiophene rings is 1. The van der Waals surface area contributed by atoms with Crippen molar-refractivity contribution in [2.24, 2.45) is 0 Å². The minimum Gasteiger partial charge on any atom is -0.299 e. The smallest absolute Gasteiger partial charge is 0.137 e. The largest absolute Gasteiger partial charge is 0.299 e. The molecule has 21 heavy (non-hydrogen) atoms. The summed E-state index contributed by atoms with van der Waals surface area (Å²) in [6.07, 6.45) is 3.19. The van der Waals surface area contributed by atoms with Crippen LogP contribution in [0.25, 0.3) is 10.8 Å².